The highest BCUT2D eigenvalue weighted by Crippen LogP contribution is 2.55. The van der Waals surface area contributed by atoms with Crippen molar-refractivity contribution in [3.63, 3.8) is 0 Å². The van der Waals surface area contributed by atoms with Gasteiger partial charge in [-0.15, -0.1) is 0 Å². The molecule has 8 nitrogen and oxygen atoms in total. The average Bonchev–Trinajstić information content (AvgIpc) is 2.99. The minimum atomic E-state index is -1.31. The minimum absolute atomic E-state index is 0.0305. The fourth-order valence-electron chi connectivity index (χ4n) is 5.14. The number of ketones is 1. The molecule has 3 aliphatic rings. The normalized spacial score (nSPS) is 36.1. The van der Waals surface area contributed by atoms with Crippen molar-refractivity contribution in [2.45, 2.75) is 71.9 Å². The Bertz CT molecular complexity index is 952. The number of allylic oxidation sites excluding steroid dienone is 3. The van der Waals surface area contributed by atoms with Crippen molar-refractivity contribution in [1.82, 2.24) is 0 Å². The van der Waals surface area contributed by atoms with Crippen molar-refractivity contribution in [3.8, 4) is 0 Å². The standard InChI is InChI=1S/C25H32O8/c1-8-12(2)22(28)33-21-18-14(4)23(29)32-19(20(18)31-17(27)11-24(5,6)30)13(3)15-9-10-16(26)25(15,21)7/h8-10,13,15,18-21,30H,4,11H2,1-3,5-7H3/b12-8-/t13-,15-,18-,19+,20-,21-,25-/m0/s1. The summed E-state index contributed by atoms with van der Waals surface area (Å²) in [5.41, 5.74) is -2.22. The highest BCUT2D eigenvalue weighted by atomic mass is 16.6. The third-order valence-corrected chi connectivity index (χ3v) is 7.10. The van der Waals surface area contributed by atoms with Crippen molar-refractivity contribution in [1.29, 1.82) is 0 Å². The van der Waals surface area contributed by atoms with Gasteiger partial charge in [-0.3, -0.25) is 9.59 Å². The molecule has 7 atom stereocenters. The molecule has 0 spiro atoms. The summed E-state index contributed by atoms with van der Waals surface area (Å²) in [6, 6.07) is 0. The Kier molecular flexibility index (Phi) is 6.45. The summed E-state index contributed by atoms with van der Waals surface area (Å²) >= 11 is 0. The number of carbonyl (C=O) groups excluding carboxylic acids is 4. The second-order valence-corrected chi connectivity index (χ2v) is 10.1. The number of fused-ring (bicyclic) bond motifs is 3. The minimum Gasteiger partial charge on any atom is -0.457 e. The van der Waals surface area contributed by atoms with Gasteiger partial charge in [0.1, 0.15) is 18.3 Å². The fourth-order valence-corrected chi connectivity index (χ4v) is 5.14. The molecule has 1 saturated heterocycles. The van der Waals surface area contributed by atoms with E-state index in [2.05, 4.69) is 6.58 Å². The summed E-state index contributed by atoms with van der Waals surface area (Å²) in [5, 5.41) is 10.1. The van der Waals surface area contributed by atoms with E-state index in [4.69, 9.17) is 14.2 Å². The van der Waals surface area contributed by atoms with Gasteiger partial charge in [0.15, 0.2) is 5.78 Å². The molecule has 0 aromatic rings. The molecule has 2 aliphatic carbocycles. The Balaban J connectivity index is 2.14. The van der Waals surface area contributed by atoms with E-state index in [1.165, 1.54) is 19.9 Å². The van der Waals surface area contributed by atoms with E-state index >= 15 is 0 Å². The molecule has 1 aliphatic heterocycles. The Morgan fingerprint density at radius 3 is 2.52 bits per heavy atom. The van der Waals surface area contributed by atoms with Gasteiger partial charge in [0.05, 0.1) is 23.4 Å². The molecule has 2 fully saturated rings. The second kappa shape index (κ2) is 8.56. The van der Waals surface area contributed by atoms with Crippen LogP contribution in [0.4, 0.5) is 0 Å². The Labute approximate surface area is 193 Å². The van der Waals surface area contributed by atoms with Gasteiger partial charge >= 0.3 is 17.9 Å². The molecule has 3 rings (SSSR count). The fraction of sp³-hybridized carbons (Fsp3) is 0.600. The molecule has 8 heteroatoms. The number of esters is 3. The molecule has 0 aromatic carbocycles. The van der Waals surface area contributed by atoms with E-state index in [9.17, 15) is 24.3 Å². The Morgan fingerprint density at radius 2 is 1.94 bits per heavy atom. The zero-order chi connectivity index (χ0) is 24.9. The lowest BCUT2D eigenvalue weighted by Gasteiger charge is -2.42. The maximum atomic E-state index is 13.2. The van der Waals surface area contributed by atoms with E-state index in [1.54, 1.807) is 32.9 Å². The van der Waals surface area contributed by atoms with Crippen LogP contribution in [-0.2, 0) is 33.4 Å². The van der Waals surface area contributed by atoms with Crippen LogP contribution in [0.2, 0.25) is 0 Å². The summed E-state index contributed by atoms with van der Waals surface area (Å²) in [7, 11) is 0. The Hall–Kier alpha value is -2.74. The van der Waals surface area contributed by atoms with Crippen molar-refractivity contribution in [3.05, 3.63) is 36.0 Å². The smallest absolute Gasteiger partial charge is 0.334 e. The first kappa shape index (κ1) is 24.9. The number of ether oxygens (including phenoxy) is 3. The number of rotatable bonds is 5. The van der Waals surface area contributed by atoms with Crippen molar-refractivity contribution in [2.24, 2.45) is 23.2 Å². The summed E-state index contributed by atoms with van der Waals surface area (Å²) in [4.78, 5) is 51.4. The molecule has 180 valence electrons. The monoisotopic (exact) mass is 460 g/mol. The predicted octanol–water partition coefficient (Wildman–Crippen LogP) is 2.45. The number of aliphatic hydroxyl groups is 1. The van der Waals surface area contributed by atoms with Crippen LogP contribution in [0, 0.1) is 23.2 Å². The number of hydrogen-bond acceptors (Lipinski definition) is 8. The molecule has 33 heavy (non-hydrogen) atoms. The van der Waals surface area contributed by atoms with Crippen LogP contribution in [0.3, 0.4) is 0 Å². The molecule has 0 unspecified atom stereocenters. The zero-order valence-corrected chi connectivity index (χ0v) is 19.9. The number of hydrogen-bond donors (Lipinski definition) is 1. The largest absolute Gasteiger partial charge is 0.457 e. The lowest BCUT2D eigenvalue weighted by Crippen LogP contribution is -2.55. The van der Waals surface area contributed by atoms with Gasteiger partial charge in [0.2, 0.25) is 0 Å². The zero-order valence-electron chi connectivity index (χ0n) is 19.9. The van der Waals surface area contributed by atoms with Gasteiger partial charge in [0, 0.05) is 17.1 Å². The molecule has 0 aromatic heterocycles. The van der Waals surface area contributed by atoms with E-state index < -0.39 is 65.0 Å². The summed E-state index contributed by atoms with van der Waals surface area (Å²) in [6.45, 7) is 13.6. The molecule has 2 bridgehead atoms. The Morgan fingerprint density at radius 1 is 1.30 bits per heavy atom. The first-order chi connectivity index (χ1) is 15.2. The van der Waals surface area contributed by atoms with Gasteiger partial charge < -0.3 is 19.3 Å². The second-order valence-electron chi connectivity index (χ2n) is 10.1. The van der Waals surface area contributed by atoms with Crippen molar-refractivity contribution >= 4 is 23.7 Å². The molecule has 0 amide bonds. The van der Waals surface area contributed by atoms with Gasteiger partial charge in [0.25, 0.3) is 0 Å². The lowest BCUT2D eigenvalue weighted by atomic mass is 9.67. The molecular formula is C25H32O8. The highest BCUT2D eigenvalue weighted by Gasteiger charge is 2.65. The third kappa shape index (κ3) is 4.28. The van der Waals surface area contributed by atoms with Crippen LogP contribution in [0.15, 0.2) is 36.0 Å². The molecule has 0 radical (unpaired) electrons. The van der Waals surface area contributed by atoms with E-state index in [0.717, 1.165) is 0 Å². The van der Waals surface area contributed by atoms with Gasteiger partial charge in [-0.05, 0) is 46.6 Å². The predicted molar refractivity (Wildman–Crippen MR) is 118 cm³/mol. The first-order valence-electron chi connectivity index (χ1n) is 11.1. The van der Waals surface area contributed by atoms with Gasteiger partial charge in [-0.1, -0.05) is 25.7 Å². The van der Waals surface area contributed by atoms with Crippen LogP contribution in [-0.4, -0.2) is 52.7 Å². The molecule has 1 heterocycles. The molecular weight excluding hydrogens is 428 g/mol. The summed E-state index contributed by atoms with van der Waals surface area (Å²) < 4.78 is 17.3. The summed E-state index contributed by atoms with van der Waals surface area (Å²) in [5.74, 6) is -4.12. The maximum absolute atomic E-state index is 13.2. The maximum Gasteiger partial charge on any atom is 0.334 e. The van der Waals surface area contributed by atoms with Gasteiger partial charge in [-0.25, -0.2) is 9.59 Å². The average molecular weight is 461 g/mol. The van der Waals surface area contributed by atoms with Crippen molar-refractivity contribution < 1.29 is 38.5 Å². The van der Waals surface area contributed by atoms with E-state index in [1.807, 2.05) is 6.92 Å². The third-order valence-electron chi connectivity index (χ3n) is 7.10. The van der Waals surface area contributed by atoms with Gasteiger partial charge in [-0.2, -0.15) is 0 Å². The SMILES string of the molecule is C=C1C(=O)O[C@@H]2[C@@H](C)[C@@H]3C=CC(=O)[C@@]3(C)[C@@H](OC(=O)/C(C)=C\C)[C@@H]1[C@@H]2OC(=O)CC(C)(C)O. The highest BCUT2D eigenvalue weighted by molar-refractivity contribution is 5.99. The molecule has 1 N–H and O–H groups in total. The topological polar surface area (TPSA) is 116 Å². The van der Waals surface area contributed by atoms with Crippen LogP contribution in [0.25, 0.3) is 0 Å². The van der Waals surface area contributed by atoms with Crippen LogP contribution in [0.5, 0.6) is 0 Å². The molecule has 1 saturated carbocycles. The van der Waals surface area contributed by atoms with Crippen LogP contribution >= 0.6 is 0 Å². The van der Waals surface area contributed by atoms with Crippen LogP contribution < -0.4 is 0 Å². The first-order valence-corrected chi connectivity index (χ1v) is 11.1. The van der Waals surface area contributed by atoms with E-state index in [-0.39, 0.29) is 17.8 Å². The lowest BCUT2D eigenvalue weighted by molar-refractivity contribution is -0.190. The number of carbonyl (C=O) groups is 4. The van der Waals surface area contributed by atoms with E-state index in [0.29, 0.717) is 5.57 Å². The van der Waals surface area contributed by atoms with Crippen LogP contribution in [0.1, 0.15) is 48.0 Å². The summed E-state index contributed by atoms with van der Waals surface area (Å²) in [6.07, 6.45) is 1.45. The van der Waals surface area contributed by atoms with Crippen molar-refractivity contribution in [2.75, 3.05) is 0 Å². The quantitative estimate of drug-likeness (QED) is 0.378.